The van der Waals surface area contributed by atoms with Gasteiger partial charge in [0.15, 0.2) is 5.71 Å². The van der Waals surface area contributed by atoms with E-state index in [0.717, 1.165) is 4.90 Å². The molecule has 2 atom stereocenters. The lowest BCUT2D eigenvalue weighted by Gasteiger charge is -2.49. The van der Waals surface area contributed by atoms with Gasteiger partial charge in [-0.15, -0.1) is 11.8 Å². The molecule has 4 N–H and O–H groups in total. The second-order valence-electron chi connectivity index (χ2n) is 5.86. The Balaban J connectivity index is 1.77. The van der Waals surface area contributed by atoms with E-state index in [-0.39, 0.29) is 29.3 Å². The van der Waals surface area contributed by atoms with Gasteiger partial charge in [0, 0.05) is 16.9 Å². The average Bonchev–Trinajstić information content (AvgIpc) is 3.21. The predicted octanol–water partition coefficient (Wildman–Crippen LogP) is -0.536. The Bertz CT molecular complexity index is 910. The summed E-state index contributed by atoms with van der Waals surface area (Å²) in [4.78, 5) is 53.3. The molecule has 1 fully saturated rings. The number of β-lactam (4-membered cyclic amide) rings is 1. The Morgan fingerprint density at radius 1 is 1.48 bits per heavy atom. The van der Waals surface area contributed by atoms with Crippen molar-refractivity contribution < 1.29 is 38.3 Å². The third-order valence-corrected chi connectivity index (χ3v) is 5.46. The van der Waals surface area contributed by atoms with Gasteiger partial charge in [-0.2, -0.15) is 0 Å². The summed E-state index contributed by atoms with van der Waals surface area (Å²) in [7, 11) is 1.26. The summed E-state index contributed by atoms with van der Waals surface area (Å²) < 4.78 is 9.58. The van der Waals surface area contributed by atoms with Crippen molar-refractivity contribution in [3.05, 3.63) is 35.4 Å². The van der Waals surface area contributed by atoms with E-state index in [2.05, 4.69) is 20.0 Å². The molecule has 3 amide bonds. The SMILES string of the molecule is CON=C(C(=O)NC1C(=O)N2C(C(=O)O)=C(COC(N)=O)CSC12)c1ccoc1. The molecular formula is C16H16N4O8S. The zero-order valence-electron chi connectivity index (χ0n) is 15.0. The maximum atomic E-state index is 12.6. The van der Waals surface area contributed by atoms with E-state index >= 15 is 0 Å². The molecular weight excluding hydrogens is 408 g/mol. The summed E-state index contributed by atoms with van der Waals surface area (Å²) in [5.74, 6) is -2.48. The number of hydrogen-bond acceptors (Lipinski definition) is 9. The van der Waals surface area contributed by atoms with Gasteiger partial charge >= 0.3 is 12.1 Å². The van der Waals surface area contributed by atoms with Gasteiger partial charge in [0.05, 0.1) is 12.5 Å². The van der Waals surface area contributed by atoms with E-state index < -0.39 is 35.3 Å². The number of thioether (sulfide) groups is 1. The van der Waals surface area contributed by atoms with Crippen LogP contribution in [0.1, 0.15) is 5.56 Å². The van der Waals surface area contributed by atoms with Crippen LogP contribution in [0.15, 0.2) is 39.4 Å². The van der Waals surface area contributed by atoms with Gasteiger partial charge in [0.2, 0.25) is 0 Å². The highest BCUT2D eigenvalue weighted by Gasteiger charge is 2.54. The van der Waals surface area contributed by atoms with Crippen LogP contribution in [0.4, 0.5) is 4.79 Å². The third kappa shape index (κ3) is 3.89. The second kappa shape index (κ2) is 8.26. The third-order valence-electron chi connectivity index (χ3n) is 4.12. The van der Waals surface area contributed by atoms with Crippen molar-refractivity contribution >= 4 is 41.4 Å². The number of carbonyl (C=O) groups excluding carboxylic acids is 3. The summed E-state index contributed by atoms with van der Waals surface area (Å²) in [6.45, 7) is -0.345. The van der Waals surface area contributed by atoms with E-state index in [9.17, 15) is 24.3 Å². The van der Waals surface area contributed by atoms with Crippen LogP contribution in [0.3, 0.4) is 0 Å². The van der Waals surface area contributed by atoms with Gasteiger partial charge in [-0.25, -0.2) is 9.59 Å². The van der Waals surface area contributed by atoms with Crippen molar-refractivity contribution in [2.75, 3.05) is 19.5 Å². The van der Waals surface area contributed by atoms with Crippen LogP contribution < -0.4 is 11.1 Å². The first-order valence-electron chi connectivity index (χ1n) is 8.12. The van der Waals surface area contributed by atoms with E-state index in [4.69, 9.17) is 10.2 Å². The molecule has 0 aliphatic carbocycles. The Morgan fingerprint density at radius 3 is 2.83 bits per heavy atom. The van der Waals surface area contributed by atoms with Gasteiger partial charge < -0.3 is 30.1 Å². The molecule has 0 radical (unpaired) electrons. The fourth-order valence-corrected chi connectivity index (χ4v) is 4.21. The number of furan rings is 1. The molecule has 0 aromatic carbocycles. The highest BCUT2D eigenvalue weighted by molar-refractivity contribution is 8.00. The van der Waals surface area contributed by atoms with Crippen LogP contribution in [-0.4, -0.2) is 70.5 Å². The summed E-state index contributed by atoms with van der Waals surface area (Å²) in [5, 5.41) is 15.1. The first-order chi connectivity index (χ1) is 13.8. The van der Waals surface area contributed by atoms with Crippen LogP contribution in [0.25, 0.3) is 0 Å². The van der Waals surface area contributed by atoms with Crippen molar-refractivity contribution in [3.8, 4) is 0 Å². The molecule has 1 aromatic heterocycles. The minimum atomic E-state index is -1.35. The fourth-order valence-electron chi connectivity index (χ4n) is 2.88. The lowest BCUT2D eigenvalue weighted by atomic mass is 10.0. The Hall–Kier alpha value is -3.48. The average molecular weight is 424 g/mol. The van der Waals surface area contributed by atoms with Crippen molar-refractivity contribution in [3.63, 3.8) is 0 Å². The number of carbonyl (C=O) groups is 4. The van der Waals surface area contributed by atoms with Gasteiger partial charge in [-0.1, -0.05) is 5.16 Å². The molecule has 13 heteroatoms. The van der Waals surface area contributed by atoms with E-state index in [1.807, 2.05) is 0 Å². The molecule has 0 spiro atoms. The highest BCUT2D eigenvalue weighted by atomic mass is 32.2. The van der Waals surface area contributed by atoms with Crippen molar-refractivity contribution in [1.82, 2.24) is 10.2 Å². The molecule has 29 heavy (non-hydrogen) atoms. The summed E-state index contributed by atoms with van der Waals surface area (Å²) in [6.07, 6.45) is 1.58. The van der Waals surface area contributed by atoms with E-state index in [1.54, 1.807) is 0 Å². The predicted molar refractivity (Wildman–Crippen MR) is 97.5 cm³/mol. The fraction of sp³-hybridized carbons (Fsp3) is 0.312. The van der Waals surface area contributed by atoms with Crippen LogP contribution in [0.5, 0.6) is 0 Å². The van der Waals surface area contributed by atoms with E-state index in [0.29, 0.717) is 5.56 Å². The van der Waals surface area contributed by atoms with Crippen LogP contribution in [0.2, 0.25) is 0 Å². The van der Waals surface area contributed by atoms with Gasteiger partial charge in [0.1, 0.15) is 30.8 Å². The summed E-state index contributed by atoms with van der Waals surface area (Å²) in [6, 6.07) is 0.534. The molecule has 1 aromatic rings. The number of nitrogens with one attached hydrogen (secondary N) is 1. The molecule has 3 heterocycles. The lowest BCUT2D eigenvalue weighted by Crippen LogP contribution is -2.71. The van der Waals surface area contributed by atoms with Crippen molar-refractivity contribution in [1.29, 1.82) is 0 Å². The molecule has 12 nitrogen and oxygen atoms in total. The molecule has 2 unspecified atom stereocenters. The molecule has 3 rings (SSSR count). The number of nitrogens with zero attached hydrogens (tertiary/aromatic N) is 2. The Labute approximate surface area is 167 Å². The number of aliphatic carboxylic acids is 1. The minimum Gasteiger partial charge on any atom is -0.477 e. The van der Waals surface area contributed by atoms with Crippen LogP contribution >= 0.6 is 11.8 Å². The number of nitrogens with two attached hydrogens (primary N) is 1. The number of rotatable bonds is 7. The van der Waals surface area contributed by atoms with Crippen molar-refractivity contribution in [2.24, 2.45) is 10.9 Å². The van der Waals surface area contributed by atoms with Gasteiger partial charge in [-0.3, -0.25) is 14.5 Å². The standard InChI is InChI=1S/C16H16N4O8S/c1-26-19-9(7-2-3-27-4-7)12(21)18-10-13(22)20-11(15(23)24)8(5-28-16(17)25)6-29-14(10)20/h2-4,10,14H,5-6H2,1H3,(H2,17,25)(H,18,21)(H,23,24). The molecule has 0 saturated carbocycles. The van der Waals surface area contributed by atoms with Crippen LogP contribution in [0, 0.1) is 0 Å². The molecule has 154 valence electrons. The number of ether oxygens (including phenoxy) is 1. The van der Waals surface area contributed by atoms with E-state index in [1.165, 1.54) is 37.5 Å². The number of hydrogen-bond donors (Lipinski definition) is 3. The molecule has 0 bridgehead atoms. The maximum Gasteiger partial charge on any atom is 0.404 e. The number of carboxylic acids is 1. The van der Waals surface area contributed by atoms with Crippen molar-refractivity contribution in [2.45, 2.75) is 11.4 Å². The Morgan fingerprint density at radius 2 is 2.24 bits per heavy atom. The summed E-state index contributed by atoms with van der Waals surface area (Å²) >= 11 is 1.22. The zero-order chi connectivity index (χ0) is 21.1. The topological polar surface area (TPSA) is 174 Å². The maximum absolute atomic E-state index is 12.6. The normalized spacial score (nSPS) is 21.2. The minimum absolute atomic E-state index is 0.0992. The highest BCUT2D eigenvalue weighted by Crippen LogP contribution is 2.40. The Kier molecular flexibility index (Phi) is 5.77. The van der Waals surface area contributed by atoms with Crippen LogP contribution in [-0.2, 0) is 24.0 Å². The van der Waals surface area contributed by atoms with Gasteiger partial charge in [0.25, 0.3) is 11.8 Å². The number of carboxylic acid groups (broad SMARTS) is 1. The number of fused-ring (bicyclic) bond motifs is 1. The number of primary amides is 1. The lowest BCUT2D eigenvalue weighted by molar-refractivity contribution is -0.150. The number of amides is 3. The summed E-state index contributed by atoms with van der Waals surface area (Å²) in [5.41, 5.74) is 5.11. The molecule has 2 aliphatic heterocycles. The zero-order valence-corrected chi connectivity index (χ0v) is 15.8. The first kappa shape index (κ1) is 20.3. The van der Waals surface area contributed by atoms with Gasteiger partial charge in [-0.05, 0) is 6.07 Å². The monoisotopic (exact) mass is 424 g/mol. The molecule has 1 saturated heterocycles. The number of oxime groups is 1. The first-order valence-corrected chi connectivity index (χ1v) is 9.16. The second-order valence-corrected chi connectivity index (χ2v) is 6.97. The quantitative estimate of drug-likeness (QED) is 0.295. The largest absolute Gasteiger partial charge is 0.477 e. The smallest absolute Gasteiger partial charge is 0.404 e. The molecule has 2 aliphatic rings.